The van der Waals surface area contributed by atoms with Gasteiger partial charge in [-0.1, -0.05) is 86.8 Å². The van der Waals surface area contributed by atoms with Crippen molar-refractivity contribution in [2.45, 2.75) is 189 Å². The van der Waals surface area contributed by atoms with Crippen molar-refractivity contribution in [3.63, 3.8) is 0 Å². The van der Waals surface area contributed by atoms with Crippen LogP contribution >= 0.6 is 0 Å². The zero-order valence-corrected chi connectivity index (χ0v) is 39.8. The Balaban J connectivity index is 1.89. The number of nitrogens with one attached hydrogen (secondary N) is 1. The molecule has 19 heteroatoms. The lowest BCUT2D eigenvalue weighted by Gasteiger charge is -2.46. The molecule has 68 heavy (non-hydrogen) atoms. The van der Waals surface area contributed by atoms with Gasteiger partial charge in [0.15, 0.2) is 12.1 Å². The lowest BCUT2D eigenvalue weighted by atomic mass is 9.82. The maximum atomic E-state index is 13.5. The van der Waals surface area contributed by atoms with E-state index in [9.17, 15) is 65.8 Å². The molecule has 3 aliphatic rings. The fourth-order valence-corrected chi connectivity index (χ4v) is 8.43. The van der Waals surface area contributed by atoms with Gasteiger partial charge in [0.1, 0.15) is 12.2 Å². The van der Waals surface area contributed by atoms with E-state index in [4.69, 9.17) is 24.7 Å². The van der Waals surface area contributed by atoms with E-state index in [0.29, 0.717) is 0 Å². The Morgan fingerprint density at radius 2 is 1.34 bits per heavy atom. The lowest BCUT2D eigenvalue weighted by molar-refractivity contribution is -0.308. The van der Waals surface area contributed by atoms with Crippen LogP contribution in [0.25, 0.3) is 0 Å². The Hall–Kier alpha value is -3.22. The van der Waals surface area contributed by atoms with Crippen LogP contribution in [0.2, 0.25) is 0 Å². The van der Waals surface area contributed by atoms with Crippen LogP contribution in [0.4, 0.5) is 0 Å². The number of nitrogens with two attached hydrogens (primary N) is 1. The lowest BCUT2D eigenvalue weighted by Crippen LogP contribution is -2.62. The summed E-state index contributed by atoms with van der Waals surface area (Å²) >= 11 is 0. The first-order valence-corrected chi connectivity index (χ1v) is 23.8. The van der Waals surface area contributed by atoms with Crippen LogP contribution in [-0.2, 0) is 28.5 Å². The monoisotopic (exact) mass is 969 g/mol. The van der Waals surface area contributed by atoms with Crippen LogP contribution < -0.4 is 11.1 Å². The summed E-state index contributed by atoms with van der Waals surface area (Å²) in [5.41, 5.74) is 6.07. The average molecular weight is 969 g/mol. The minimum Gasteiger partial charge on any atom is -0.462 e. The van der Waals surface area contributed by atoms with Gasteiger partial charge in [-0.15, -0.1) is 0 Å². The van der Waals surface area contributed by atoms with E-state index in [1.165, 1.54) is 0 Å². The maximum Gasteiger partial charge on any atom is 0.308 e. The van der Waals surface area contributed by atoms with Crippen molar-refractivity contribution in [1.29, 1.82) is 0 Å². The van der Waals surface area contributed by atoms with Crippen LogP contribution in [0.15, 0.2) is 72.9 Å². The molecule has 0 aromatic heterocycles. The highest BCUT2D eigenvalue weighted by molar-refractivity contribution is 5.80. The van der Waals surface area contributed by atoms with E-state index in [-0.39, 0.29) is 44.6 Å². The molecule has 0 saturated carbocycles. The molecule has 388 valence electrons. The van der Waals surface area contributed by atoms with E-state index in [2.05, 4.69) is 5.32 Å². The number of aliphatic hydroxyl groups excluding tert-OH is 10. The number of cyclic esters (lactones) is 1. The van der Waals surface area contributed by atoms with E-state index < -0.39 is 147 Å². The number of ether oxygens (including phenoxy) is 4. The van der Waals surface area contributed by atoms with E-state index in [0.717, 1.165) is 12.8 Å². The molecule has 1 amide bonds. The van der Waals surface area contributed by atoms with Crippen molar-refractivity contribution in [2.75, 3.05) is 13.2 Å². The number of carbonyl (C=O) groups excluding carboxylic acids is 2. The fraction of sp³-hybridized carbons (Fsp3) is 0.714. The molecule has 3 rings (SSSR count). The molecule has 14 N–H and O–H groups in total. The van der Waals surface area contributed by atoms with Gasteiger partial charge < -0.3 is 86.2 Å². The van der Waals surface area contributed by atoms with Crippen molar-refractivity contribution in [3.8, 4) is 0 Å². The molecule has 3 heterocycles. The highest BCUT2D eigenvalue weighted by Crippen LogP contribution is 2.38. The van der Waals surface area contributed by atoms with E-state index >= 15 is 0 Å². The van der Waals surface area contributed by atoms with Gasteiger partial charge >= 0.3 is 5.97 Å². The first kappa shape index (κ1) is 59.1. The first-order valence-electron chi connectivity index (χ1n) is 23.8. The zero-order chi connectivity index (χ0) is 50.6. The molecule has 2 fully saturated rings. The smallest absolute Gasteiger partial charge is 0.308 e. The Morgan fingerprint density at radius 1 is 0.735 bits per heavy atom. The highest BCUT2D eigenvalue weighted by Gasteiger charge is 2.51. The standard InChI is InChI=1S/C49H80N2O17/c1-29-17-15-13-11-9-7-5-6-8-10-12-14-16-18-36(67-48-46(62)43(50)45(61)32(4)66-48)26-40-42(47(63)51-21-22-52)39(58)28-49(64,68-40)27-38(57)37(56)20-19-33(53)23-34(54)24-35(55)25-41(59)65-31(3)30(2)44(29)60/h5-6,8,10-18,29-40,42-46,48,52-58,60-62,64H,7,9,19-28,50H2,1-4H3,(H,51,63)/b6-5-,10-8-,13-11-,14-12-,17-15-,18-16-/t29-,30-,31-,32+,33+,34+,35+,36-,37+,38+,39-,40-,42+,43-,44+,45+,46-,48-,49+/m0/s1. The zero-order valence-electron chi connectivity index (χ0n) is 39.8. The van der Waals surface area contributed by atoms with Crippen LogP contribution in [-0.4, -0.2) is 179 Å². The quantitative estimate of drug-likeness (QED) is 0.161. The molecular formula is C49H80N2O17. The number of rotatable bonds is 5. The number of fused-ring (bicyclic) bond motifs is 2. The number of aliphatic hydroxyl groups is 11. The van der Waals surface area contributed by atoms with Crippen molar-refractivity contribution >= 4 is 11.9 Å². The second-order valence-corrected chi connectivity index (χ2v) is 18.5. The second kappa shape index (κ2) is 29.8. The third-order valence-corrected chi connectivity index (χ3v) is 12.7. The molecular weight excluding hydrogens is 889 g/mol. The largest absolute Gasteiger partial charge is 0.462 e. The van der Waals surface area contributed by atoms with Crippen molar-refractivity contribution < 1.29 is 84.7 Å². The molecule has 19 atom stereocenters. The number of amides is 1. The number of hydrogen-bond donors (Lipinski definition) is 13. The Kier molecular flexibility index (Phi) is 25.9. The van der Waals surface area contributed by atoms with Gasteiger partial charge in [-0.25, -0.2) is 0 Å². The van der Waals surface area contributed by atoms with Crippen LogP contribution in [0.3, 0.4) is 0 Å². The summed E-state index contributed by atoms with van der Waals surface area (Å²) in [6.45, 7) is 6.24. The summed E-state index contributed by atoms with van der Waals surface area (Å²) < 4.78 is 23.5. The van der Waals surface area contributed by atoms with Crippen LogP contribution in [0.5, 0.6) is 0 Å². The Bertz CT molecular complexity index is 1680. The van der Waals surface area contributed by atoms with Gasteiger partial charge in [0.05, 0.1) is 92.1 Å². The molecule has 0 radical (unpaired) electrons. The molecule has 3 aliphatic heterocycles. The van der Waals surface area contributed by atoms with Gasteiger partial charge in [0, 0.05) is 37.6 Å². The molecule has 19 nitrogen and oxygen atoms in total. The van der Waals surface area contributed by atoms with Crippen molar-refractivity contribution in [2.24, 2.45) is 23.5 Å². The van der Waals surface area contributed by atoms with Gasteiger partial charge in [0.2, 0.25) is 5.91 Å². The Labute approximate surface area is 400 Å². The van der Waals surface area contributed by atoms with Crippen molar-refractivity contribution in [1.82, 2.24) is 5.32 Å². The summed E-state index contributed by atoms with van der Waals surface area (Å²) in [4.78, 5) is 26.1. The number of carbonyl (C=O) groups is 2. The average Bonchev–Trinajstić information content (AvgIpc) is 3.26. The van der Waals surface area contributed by atoms with Crippen LogP contribution in [0, 0.1) is 17.8 Å². The molecule has 0 aromatic rings. The normalized spacial score (nSPS) is 43.7. The first-order chi connectivity index (χ1) is 32.2. The minimum absolute atomic E-state index is 0.132. The minimum atomic E-state index is -2.32. The number of hydrogen-bond acceptors (Lipinski definition) is 18. The molecule has 2 bridgehead atoms. The summed E-state index contributed by atoms with van der Waals surface area (Å²) in [5.74, 6) is -5.82. The third-order valence-electron chi connectivity index (χ3n) is 12.7. The second-order valence-electron chi connectivity index (χ2n) is 18.5. The molecule has 0 spiro atoms. The molecule has 0 aliphatic carbocycles. The number of allylic oxidation sites excluding steroid dienone is 10. The number of esters is 1. The van der Waals surface area contributed by atoms with E-state index in [1.807, 2.05) is 49.5 Å². The topological polar surface area (TPSA) is 332 Å². The SMILES string of the molecule is C[C@@H]1[C@H](O)[C@@H](C)/C=C\C=C/CC\C=C/C=C\C=C/C=C\[C@H](O[C@@H]2O[C@H](C)[C@@H](O)[C@H](N)[C@@H]2O)C[C@@H]2O[C@](O)(C[C@@H](O)[C@H](O)CC[C@@H](O)C[C@@H](O)C[C@@H](O)CC(=O)O[C@H]1C)C[C@H](O)[C@H]2C(=O)NCCO. The highest BCUT2D eigenvalue weighted by atomic mass is 16.7. The van der Waals surface area contributed by atoms with Gasteiger partial charge in [-0.3, -0.25) is 9.59 Å². The summed E-state index contributed by atoms with van der Waals surface area (Å²) in [6, 6.07) is -1.14. The third kappa shape index (κ3) is 19.9. The van der Waals surface area contributed by atoms with Crippen LogP contribution in [0.1, 0.15) is 91.9 Å². The molecule has 0 unspecified atom stereocenters. The van der Waals surface area contributed by atoms with Gasteiger partial charge in [0.25, 0.3) is 0 Å². The van der Waals surface area contributed by atoms with E-state index in [1.54, 1.807) is 51.2 Å². The Morgan fingerprint density at radius 3 is 2.01 bits per heavy atom. The predicted octanol–water partition coefficient (Wildman–Crippen LogP) is -0.0404. The predicted molar refractivity (Wildman–Crippen MR) is 250 cm³/mol. The van der Waals surface area contributed by atoms with Crippen molar-refractivity contribution in [3.05, 3.63) is 72.9 Å². The van der Waals surface area contributed by atoms with Gasteiger partial charge in [-0.2, -0.15) is 0 Å². The molecule has 0 aromatic carbocycles. The summed E-state index contributed by atoms with van der Waals surface area (Å²) in [5, 5.41) is 121. The fourth-order valence-electron chi connectivity index (χ4n) is 8.43. The van der Waals surface area contributed by atoms with Gasteiger partial charge in [-0.05, 0) is 52.4 Å². The maximum absolute atomic E-state index is 13.5. The summed E-state index contributed by atoms with van der Waals surface area (Å²) in [6.07, 6.45) is 2.96. The molecule has 2 saturated heterocycles. The summed E-state index contributed by atoms with van der Waals surface area (Å²) in [7, 11) is 0.